The molecule has 0 aromatic heterocycles. The fraction of sp³-hybridized carbons (Fsp3) is 0.933. The molecule has 3 atom stereocenters. The molecule has 3 unspecified atom stereocenters. The monoisotopic (exact) mass is 264 g/mol. The Kier molecular flexibility index (Phi) is 4.83. The van der Waals surface area contributed by atoms with E-state index in [4.69, 9.17) is 0 Å². The van der Waals surface area contributed by atoms with Crippen LogP contribution in [0.4, 0.5) is 0 Å². The van der Waals surface area contributed by atoms with Crippen LogP contribution in [0.1, 0.15) is 33.1 Å². The number of likely N-dealkylation sites (N-methyl/N-ethyl adjacent to an activating group) is 1. The summed E-state index contributed by atoms with van der Waals surface area (Å²) in [5.74, 6) is 0.803. The summed E-state index contributed by atoms with van der Waals surface area (Å²) in [6, 6.07) is 3.22. The lowest BCUT2D eigenvalue weighted by Gasteiger charge is -2.47. The van der Waals surface area contributed by atoms with Crippen LogP contribution in [0.3, 0.4) is 0 Å². The first-order chi connectivity index (χ1) is 9.08. The van der Waals surface area contributed by atoms with Gasteiger partial charge in [-0.2, -0.15) is 5.26 Å². The number of nitrogens with zero attached hydrogens (tertiary/aromatic N) is 3. The third kappa shape index (κ3) is 3.47. The Bertz CT molecular complexity index is 338. The lowest BCUT2D eigenvalue weighted by Crippen LogP contribution is -2.57. The topological polar surface area (TPSA) is 42.3 Å². The van der Waals surface area contributed by atoms with E-state index in [1.54, 1.807) is 0 Å². The van der Waals surface area contributed by atoms with Crippen molar-refractivity contribution >= 4 is 0 Å². The highest BCUT2D eigenvalue weighted by atomic mass is 15.2. The predicted molar refractivity (Wildman–Crippen MR) is 77.9 cm³/mol. The van der Waals surface area contributed by atoms with Gasteiger partial charge in [-0.3, -0.25) is 5.32 Å². The van der Waals surface area contributed by atoms with Crippen LogP contribution in [0.5, 0.6) is 0 Å². The Morgan fingerprint density at radius 3 is 2.84 bits per heavy atom. The molecular weight excluding hydrogens is 236 g/mol. The summed E-state index contributed by atoms with van der Waals surface area (Å²) in [4.78, 5) is 5.03. The second-order valence-electron chi connectivity index (χ2n) is 6.45. The first-order valence-corrected chi connectivity index (χ1v) is 7.67. The molecular formula is C15H28N4. The standard InChI is InChI=1S/C15H28N4/c1-4-17-15(2,11-16)12-19-9-7-14-13(10-19)6-5-8-18(14)3/h13-14,17H,4-10,12H2,1-3H3. The molecule has 1 N–H and O–H groups in total. The fourth-order valence-corrected chi connectivity index (χ4v) is 3.84. The minimum atomic E-state index is -0.401. The maximum Gasteiger partial charge on any atom is 0.116 e. The summed E-state index contributed by atoms with van der Waals surface area (Å²) >= 11 is 0. The van der Waals surface area contributed by atoms with E-state index >= 15 is 0 Å². The molecule has 4 nitrogen and oxygen atoms in total. The highest BCUT2D eigenvalue weighted by Crippen LogP contribution is 2.30. The maximum absolute atomic E-state index is 9.37. The van der Waals surface area contributed by atoms with Gasteiger partial charge in [0.1, 0.15) is 5.54 Å². The van der Waals surface area contributed by atoms with Gasteiger partial charge < -0.3 is 9.80 Å². The van der Waals surface area contributed by atoms with Crippen LogP contribution in [0.15, 0.2) is 0 Å². The summed E-state index contributed by atoms with van der Waals surface area (Å²) in [5, 5.41) is 12.7. The summed E-state index contributed by atoms with van der Waals surface area (Å²) in [7, 11) is 2.27. The van der Waals surface area contributed by atoms with Crippen molar-refractivity contribution in [1.29, 1.82) is 5.26 Å². The molecule has 0 radical (unpaired) electrons. The highest BCUT2D eigenvalue weighted by Gasteiger charge is 2.36. The number of nitriles is 1. The van der Waals surface area contributed by atoms with E-state index in [0.29, 0.717) is 0 Å². The molecule has 2 rings (SSSR count). The summed E-state index contributed by atoms with van der Waals surface area (Å²) in [5.41, 5.74) is -0.401. The first-order valence-electron chi connectivity index (χ1n) is 7.67. The average molecular weight is 264 g/mol. The zero-order valence-corrected chi connectivity index (χ0v) is 12.7. The molecule has 2 aliphatic heterocycles. The molecule has 2 saturated heterocycles. The van der Waals surface area contributed by atoms with E-state index < -0.39 is 5.54 Å². The van der Waals surface area contributed by atoms with Crippen LogP contribution in [-0.2, 0) is 0 Å². The SMILES string of the molecule is CCNC(C)(C#N)CN1CCC2C(CCCN2C)C1. The van der Waals surface area contributed by atoms with Gasteiger partial charge >= 0.3 is 0 Å². The van der Waals surface area contributed by atoms with Crippen molar-refractivity contribution in [3.63, 3.8) is 0 Å². The minimum Gasteiger partial charge on any atom is -0.303 e. The van der Waals surface area contributed by atoms with Gasteiger partial charge in [-0.15, -0.1) is 0 Å². The Labute approximate surface area is 117 Å². The van der Waals surface area contributed by atoms with Gasteiger partial charge in [0.15, 0.2) is 0 Å². The van der Waals surface area contributed by atoms with Crippen molar-refractivity contribution in [3.8, 4) is 6.07 Å². The van der Waals surface area contributed by atoms with Crippen LogP contribution in [-0.4, -0.2) is 61.2 Å². The van der Waals surface area contributed by atoms with Crippen molar-refractivity contribution in [2.75, 3.05) is 39.8 Å². The van der Waals surface area contributed by atoms with Gasteiger partial charge in [0, 0.05) is 19.1 Å². The second kappa shape index (κ2) is 6.21. The zero-order chi connectivity index (χ0) is 13.9. The molecule has 2 heterocycles. The largest absolute Gasteiger partial charge is 0.303 e. The summed E-state index contributed by atoms with van der Waals surface area (Å²) in [6.07, 6.45) is 3.94. The van der Waals surface area contributed by atoms with Crippen LogP contribution in [0.25, 0.3) is 0 Å². The molecule has 4 heteroatoms. The van der Waals surface area contributed by atoms with Crippen molar-refractivity contribution in [3.05, 3.63) is 0 Å². The lowest BCUT2D eigenvalue weighted by atomic mass is 9.83. The van der Waals surface area contributed by atoms with Gasteiger partial charge in [0.25, 0.3) is 0 Å². The molecule has 0 saturated carbocycles. The molecule has 0 amide bonds. The van der Waals surface area contributed by atoms with Crippen molar-refractivity contribution < 1.29 is 0 Å². The molecule has 0 bridgehead atoms. The Morgan fingerprint density at radius 1 is 1.37 bits per heavy atom. The van der Waals surface area contributed by atoms with Crippen LogP contribution in [0, 0.1) is 17.2 Å². The number of hydrogen-bond donors (Lipinski definition) is 1. The molecule has 0 aliphatic carbocycles. The summed E-state index contributed by atoms with van der Waals surface area (Å²) in [6.45, 7) is 9.35. The predicted octanol–water partition coefficient (Wildman–Crippen LogP) is 1.29. The minimum absolute atomic E-state index is 0.401. The van der Waals surface area contributed by atoms with Gasteiger partial charge in [-0.1, -0.05) is 6.92 Å². The third-order valence-electron chi connectivity index (χ3n) is 4.78. The highest BCUT2D eigenvalue weighted by molar-refractivity contribution is 5.06. The van der Waals surface area contributed by atoms with E-state index in [2.05, 4.69) is 35.2 Å². The Hall–Kier alpha value is -0.630. The van der Waals surface area contributed by atoms with Crippen LogP contribution < -0.4 is 5.32 Å². The molecule has 19 heavy (non-hydrogen) atoms. The molecule has 2 fully saturated rings. The van der Waals surface area contributed by atoms with Crippen LogP contribution in [0.2, 0.25) is 0 Å². The van der Waals surface area contributed by atoms with Crippen LogP contribution >= 0.6 is 0 Å². The summed E-state index contributed by atoms with van der Waals surface area (Å²) < 4.78 is 0. The molecule has 108 valence electrons. The zero-order valence-electron chi connectivity index (χ0n) is 12.7. The average Bonchev–Trinajstić information content (AvgIpc) is 2.39. The molecule has 2 aliphatic rings. The number of piperidine rings is 2. The number of hydrogen-bond acceptors (Lipinski definition) is 4. The number of likely N-dealkylation sites (tertiary alicyclic amines) is 2. The van der Waals surface area contributed by atoms with Crippen molar-refractivity contribution in [1.82, 2.24) is 15.1 Å². The van der Waals surface area contributed by atoms with E-state index in [-0.39, 0.29) is 0 Å². The number of rotatable bonds is 4. The molecule has 0 spiro atoms. The normalized spacial score (nSPS) is 32.3. The van der Waals surface area contributed by atoms with Gasteiger partial charge in [0.2, 0.25) is 0 Å². The fourth-order valence-electron chi connectivity index (χ4n) is 3.84. The number of nitrogens with one attached hydrogen (secondary N) is 1. The van der Waals surface area contributed by atoms with E-state index in [0.717, 1.165) is 38.1 Å². The Balaban J connectivity index is 1.92. The smallest absolute Gasteiger partial charge is 0.116 e. The number of fused-ring (bicyclic) bond motifs is 1. The first kappa shape index (κ1) is 14.8. The van der Waals surface area contributed by atoms with E-state index in [9.17, 15) is 5.26 Å². The van der Waals surface area contributed by atoms with E-state index in [1.165, 1.54) is 25.8 Å². The molecule has 0 aromatic rings. The van der Waals surface area contributed by atoms with E-state index in [1.807, 2.05) is 6.92 Å². The van der Waals surface area contributed by atoms with Crippen molar-refractivity contribution in [2.24, 2.45) is 5.92 Å². The lowest BCUT2D eigenvalue weighted by molar-refractivity contribution is 0.0320. The van der Waals surface area contributed by atoms with Gasteiger partial charge in [0.05, 0.1) is 6.07 Å². The quantitative estimate of drug-likeness (QED) is 0.831. The Morgan fingerprint density at radius 2 is 2.16 bits per heavy atom. The second-order valence-corrected chi connectivity index (χ2v) is 6.45. The van der Waals surface area contributed by atoms with Gasteiger partial charge in [-0.25, -0.2) is 0 Å². The van der Waals surface area contributed by atoms with Crippen molar-refractivity contribution in [2.45, 2.75) is 44.7 Å². The van der Waals surface area contributed by atoms with Gasteiger partial charge in [-0.05, 0) is 58.8 Å². The third-order valence-corrected chi connectivity index (χ3v) is 4.78. The maximum atomic E-state index is 9.37. The molecule has 0 aromatic carbocycles.